The van der Waals surface area contributed by atoms with Gasteiger partial charge in [0.1, 0.15) is 42.1 Å². The molecule has 0 aliphatic carbocycles. The number of halogens is 3. The average molecular weight is 883 g/mol. The fraction of sp³-hybridized carbons (Fsp3) is 0.348. The minimum Gasteiger partial charge on any atom is -0.488 e. The van der Waals surface area contributed by atoms with Gasteiger partial charge in [-0.25, -0.2) is 15.0 Å². The van der Waals surface area contributed by atoms with Crippen LogP contribution in [0.3, 0.4) is 0 Å². The summed E-state index contributed by atoms with van der Waals surface area (Å²) >= 11 is 1.54. The van der Waals surface area contributed by atoms with E-state index in [1.54, 1.807) is 29.2 Å². The molecule has 8 rings (SSSR count). The topological polar surface area (TPSA) is 130 Å². The Balaban J connectivity index is 0.000000189. The van der Waals surface area contributed by atoms with Gasteiger partial charge in [-0.1, -0.05) is 35.5 Å². The molecule has 17 heteroatoms. The summed E-state index contributed by atoms with van der Waals surface area (Å²) in [6, 6.07) is 21.7. The molecule has 0 radical (unpaired) electrons. The zero-order valence-electron chi connectivity index (χ0n) is 35.8. The maximum atomic E-state index is 13.2. The number of piperazine rings is 2. The normalized spacial score (nSPS) is 14.3. The largest absolute Gasteiger partial charge is 0.488 e. The number of para-hydroxylation sites is 2. The van der Waals surface area contributed by atoms with Gasteiger partial charge in [0.05, 0.1) is 38.6 Å². The number of carbonyl (C=O) groups excluding carboxylic acids is 2. The van der Waals surface area contributed by atoms with Crippen LogP contribution in [0.4, 0.5) is 24.7 Å². The molecule has 2 aliphatic rings. The van der Waals surface area contributed by atoms with Crippen LogP contribution < -0.4 is 19.3 Å². The number of ether oxygens (including phenoxy) is 2. The molecule has 63 heavy (non-hydrogen) atoms. The quantitative estimate of drug-likeness (QED) is 0.132. The number of benzene rings is 3. The fourth-order valence-electron chi connectivity index (χ4n) is 7.41. The van der Waals surface area contributed by atoms with E-state index in [0.29, 0.717) is 74.2 Å². The van der Waals surface area contributed by atoms with E-state index in [1.165, 1.54) is 17.4 Å². The van der Waals surface area contributed by atoms with Crippen molar-refractivity contribution in [2.75, 3.05) is 62.2 Å². The highest BCUT2D eigenvalue weighted by Crippen LogP contribution is 2.32. The molecular formula is C46H49F3N8O5S. The van der Waals surface area contributed by atoms with Gasteiger partial charge in [-0.15, -0.1) is 11.3 Å². The second-order valence-corrected chi connectivity index (χ2v) is 16.3. The van der Waals surface area contributed by atoms with E-state index in [0.717, 1.165) is 70.3 Å². The van der Waals surface area contributed by atoms with Gasteiger partial charge >= 0.3 is 6.18 Å². The second-order valence-electron chi connectivity index (χ2n) is 15.3. The number of carbonyl (C=O) groups is 2. The Kier molecular flexibility index (Phi) is 13.9. The highest BCUT2D eigenvalue weighted by Gasteiger charge is 2.32. The van der Waals surface area contributed by atoms with Gasteiger partial charge in [-0.05, 0) is 77.1 Å². The number of hydrogen-bond donors (Lipinski definition) is 0. The first-order valence-corrected chi connectivity index (χ1v) is 21.5. The maximum Gasteiger partial charge on any atom is 0.416 e. The summed E-state index contributed by atoms with van der Waals surface area (Å²) < 4.78 is 56.1. The third kappa shape index (κ3) is 11.1. The summed E-state index contributed by atoms with van der Waals surface area (Å²) in [6.45, 7) is 14.5. The van der Waals surface area contributed by atoms with Gasteiger partial charge in [-0.3, -0.25) is 9.59 Å². The SMILES string of the molecule is Cc1cc(N2CCN(C(=O)c3ccccc3OCc3c(C)noc3C)CC2)nc(C)n1.Cc1nc(COc2ccccc2C(=O)N2CCN(c3cccc(C(F)(F)F)c3)CC2)cs1. The smallest absolute Gasteiger partial charge is 0.416 e. The van der Waals surface area contributed by atoms with Crippen molar-refractivity contribution >= 4 is 34.7 Å². The van der Waals surface area contributed by atoms with Gasteiger partial charge in [0.2, 0.25) is 0 Å². The van der Waals surface area contributed by atoms with E-state index >= 15 is 0 Å². The summed E-state index contributed by atoms with van der Waals surface area (Å²) in [6.07, 6.45) is -4.38. The van der Waals surface area contributed by atoms with E-state index in [1.807, 2.05) is 86.2 Å². The molecule has 5 heterocycles. The fourth-order valence-corrected chi connectivity index (χ4v) is 8.01. The first-order chi connectivity index (χ1) is 30.2. The van der Waals surface area contributed by atoms with Crippen LogP contribution in [-0.2, 0) is 19.4 Å². The first-order valence-electron chi connectivity index (χ1n) is 20.6. The maximum absolute atomic E-state index is 13.2. The van der Waals surface area contributed by atoms with Crippen molar-refractivity contribution in [2.45, 2.75) is 54.0 Å². The molecule has 0 bridgehead atoms. The van der Waals surface area contributed by atoms with E-state index in [2.05, 4.69) is 25.0 Å². The Hall–Kier alpha value is -6.49. The predicted molar refractivity (Wildman–Crippen MR) is 234 cm³/mol. The number of thiazole rings is 1. The van der Waals surface area contributed by atoms with Crippen molar-refractivity contribution in [3.8, 4) is 11.5 Å². The van der Waals surface area contributed by atoms with Gasteiger partial charge < -0.3 is 33.6 Å². The number of amides is 2. The van der Waals surface area contributed by atoms with Gasteiger partial charge in [0.25, 0.3) is 11.8 Å². The van der Waals surface area contributed by atoms with Crippen molar-refractivity contribution in [1.82, 2.24) is 29.9 Å². The van der Waals surface area contributed by atoms with Crippen LogP contribution in [-0.4, -0.2) is 94.1 Å². The first kappa shape index (κ1) is 44.6. The van der Waals surface area contributed by atoms with Crippen molar-refractivity contribution in [3.63, 3.8) is 0 Å². The lowest BCUT2D eigenvalue weighted by atomic mass is 10.1. The zero-order chi connectivity index (χ0) is 44.7. The van der Waals surface area contributed by atoms with Crippen molar-refractivity contribution < 1.29 is 36.8 Å². The molecule has 2 saturated heterocycles. The molecule has 3 aromatic carbocycles. The lowest BCUT2D eigenvalue weighted by Crippen LogP contribution is -2.49. The van der Waals surface area contributed by atoms with Crippen LogP contribution in [0.1, 0.15) is 65.5 Å². The lowest BCUT2D eigenvalue weighted by Gasteiger charge is -2.36. The number of hydrogen-bond acceptors (Lipinski definition) is 12. The van der Waals surface area contributed by atoms with Gasteiger partial charge in [-0.2, -0.15) is 13.2 Å². The van der Waals surface area contributed by atoms with Crippen LogP contribution in [0.25, 0.3) is 0 Å². The highest BCUT2D eigenvalue weighted by atomic mass is 32.1. The Labute approximate surface area is 368 Å². The Morgan fingerprint density at radius 2 is 1.29 bits per heavy atom. The molecule has 2 aliphatic heterocycles. The highest BCUT2D eigenvalue weighted by molar-refractivity contribution is 7.09. The van der Waals surface area contributed by atoms with E-state index in [-0.39, 0.29) is 18.4 Å². The summed E-state index contributed by atoms with van der Waals surface area (Å²) in [4.78, 5) is 47.3. The third-order valence-corrected chi connectivity index (χ3v) is 11.6. The summed E-state index contributed by atoms with van der Waals surface area (Å²) in [5, 5.41) is 6.83. The number of aryl methyl sites for hydroxylation is 5. The summed E-state index contributed by atoms with van der Waals surface area (Å²) in [5.74, 6) is 3.29. The summed E-state index contributed by atoms with van der Waals surface area (Å²) in [7, 11) is 0. The van der Waals surface area contributed by atoms with Crippen molar-refractivity contribution in [3.05, 3.63) is 140 Å². The van der Waals surface area contributed by atoms with Crippen LogP contribution in [0, 0.1) is 34.6 Å². The molecule has 0 saturated carbocycles. The van der Waals surface area contributed by atoms with Gasteiger partial charge in [0, 0.05) is 75.2 Å². The molecule has 0 N–H and O–H groups in total. The number of anilines is 2. The average Bonchev–Trinajstić information content (AvgIpc) is 3.86. The lowest BCUT2D eigenvalue weighted by molar-refractivity contribution is -0.137. The number of aromatic nitrogens is 4. The molecule has 2 amide bonds. The van der Waals surface area contributed by atoms with Crippen molar-refractivity contribution in [2.24, 2.45) is 0 Å². The Bertz CT molecular complexity index is 2490. The molecule has 0 unspecified atom stereocenters. The minimum atomic E-state index is -4.38. The van der Waals surface area contributed by atoms with Crippen LogP contribution >= 0.6 is 11.3 Å². The van der Waals surface area contributed by atoms with Crippen LogP contribution in [0.15, 0.2) is 88.8 Å². The third-order valence-electron chi connectivity index (χ3n) is 10.8. The molecular weight excluding hydrogens is 834 g/mol. The van der Waals surface area contributed by atoms with Gasteiger partial charge in [0.15, 0.2) is 0 Å². The summed E-state index contributed by atoms with van der Waals surface area (Å²) in [5.41, 5.74) is 4.33. The molecule has 6 aromatic rings. The van der Waals surface area contributed by atoms with Crippen LogP contribution in [0.2, 0.25) is 0 Å². The Morgan fingerprint density at radius 3 is 1.83 bits per heavy atom. The number of alkyl halides is 3. The zero-order valence-corrected chi connectivity index (χ0v) is 36.6. The number of nitrogens with zero attached hydrogens (tertiary/aromatic N) is 8. The standard InChI is InChI=1S/C23H22F3N3O2S.C23H27N5O3/c1-16-27-18(15-32-16)14-31-21-8-3-2-7-20(21)22(30)29-11-9-28(10-12-29)19-6-4-5-17(13-19)23(24,25)26;1-15-13-22(25-18(4)24-15)27-9-11-28(12-10-27)23(29)19-7-5-6-8-21(19)30-14-20-16(2)26-31-17(20)3/h2-8,13,15H,9-12,14H2,1H3;5-8,13H,9-12,14H2,1-4H3. The van der Waals surface area contributed by atoms with Crippen molar-refractivity contribution in [1.29, 1.82) is 0 Å². The van der Waals surface area contributed by atoms with E-state index < -0.39 is 11.7 Å². The second kappa shape index (κ2) is 19.7. The molecule has 0 atom stereocenters. The molecule has 0 spiro atoms. The molecule has 330 valence electrons. The minimum absolute atomic E-state index is 0.0240. The van der Waals surface area contributed by atoms with E-state index in [4.69, 9.17) is 14.0 Å². The number of rotatable bonds is 10. The van der Waals surface area contributed by atoms with Crippen LogP contribution in [0.5, 0.6) is 11.5 Å². The molecule has 2 fully saturated rings. The molecule has 13 nitrogen and oxygen atoms in total. The molecule has 3 aromatic heterocycles. The van der Waals surface area contributed by atoms with E-state index in [9.17, 15) is 22.8 Å². The Morgan fingerprint density at radius 1 is 0.698 bits per heavy atom. The predicted octanol–water partition coefficient (Wildman–Crippen LogP) is 8.25. The monoisotopic (exact) mass is 882 g/mol.